The molecule has 0 bridgehead atoms. The van der Waals surface area contributed by atoms with Gasteiger partial charge in [-0.3, -0.25) is 4.79 Å². The van der Waals surface area contributed by atoms with Crippen LogP contribution >= 0.6 is 0 Å². The number of nitrogens with zero attached hydrogens (tertiary/aromatic N) is 1. The molecule has 0 spiro atoms. The number of carbonyl (C=O) groups excluding carboxylic acids is 1. The summed E-state index contributed by atoms with van der Waals surface area (Å²) >= 11 is 0. The van der Waals surface area contributed by atoms with Gasteiger partial charge in [0.05, 0.1) is 6.10 Å². The van der Waals surface area contributed by atoms with Gasteiger partial charge in [-0.05, 0) is 58.6 Å². The molecule has 3 heteroatoms. The molecule has 0 aromatic heterocycles. The average molecular weight is 275 g/mol. The number of likely N-dealkylation sites (tertiary alicyclic amines) is 1. The van der Waals surface area contributed by atoms with Crippen molar-refractivity contribution in [3.63, 3.8) is 0 Å². The first-order chi connectivity index (χ1) is 9.47. The number of amides is 1. The molecule has 1 aliphatic rings. The van der Waals surface area contributed by atoms with Crippen molar-refractivity contribution in [3.8, 4) is 0 Å². The van der Waals surface area contributed by atoms with E-state index in [9.17, 15) is 9.90 Å². The fourth-order valence-electron chi connectivity index (χ4n) is 3.17. The fourth-order valence-corrected chi connectivity index (χ4v) is 3.17. The first kappa shape index (κ1) is 15.0. The number of aryl methyl sites for hydroxylation is 2. The second kappa shape index (κ2) is 6.40. The lowest BCUT2D eigenvalue weighted by molar-refractivity contribution is 0.0515. The van der Waals surface area contributed by atoms with Crippen molar-refractivity contribution in [2.45, 2.75) is 58.6 Å². The molecule has 1 amide bonds. The van der Waals surface area contributed by atoms with E-state index >= 15 is 0 Å². The molecule has 3 nitrogen and oxygen atoms in total. The molecule has 1 aliphatic heterocycles. The van der Waals surface area contributed by atoms with Crippen molar-refractivity contribution in [2.24, 2.45) is 0 Å². The summed E-state index contributed by atoms with van der Waals surface area (Å²) in [7, 11) is 0. The molecule has 110 valence electrons. The third kappa shape index (κ3) is 3.60. The highest BCUT2D eigenvalue weighted by Crippen LogP contribution is 2.23. The van der Waals surface area contributed by atoms with E-state index in [0.29, 0.717) is 6.42 Å². The number of benzene rings is 1. The van der Waals surface area contributed by atoms with Crippen LogP contribution in [-0.2, 0) is 0 Å². The number of hydrogen-bond donors (Lipinski definition) is 1. The molecule has 1 saturated heterocycles. The first-order valence-electron chi connectivity index (χ1n) is 7.54. The molecule has 2 unspecified atom stereocenters. The van der Waals surface area contributed by atoms with Crippen LogP contribution in [0.4, 0.5) is 0 Å². The van der Waals surface area contributed by atoms with Crippen molar-refractivity contribution in [2.75, 3.05) is 6.54 Å². The zero-order valence-electron chi connectivity index (χ0n) is 12.7. The Morgan fingerprint density at radius 1 is 1.30 bits per heavy atom. The van der Waals surface area contributed by atoms with Crippen LogP contribution in [0, 0.1) is 13.8 Å². The minimum absolute atomic E-state index is 0.113. The molecule has 1 fully saturated rings. The molecule has 0 saturated carbocycles. The molecule has 1 heterocycles. The summed E-state index contributed by atoms with van der Waals surface area (Å²) in [5.41, 5.74) is 3.02. The number of piperidine rings is 1. The maximum absolute atomic E-state index is 12.7. The fraction of sp³-hybridized carbons (Fsp3) is 0.588. The van der Waals surface area contributed by atoms with Gasteiger partial charge in [-0.2, -0.15) is 0 Å². The van der Waals surface area contributed by atoms with Gasteiger partial charge < -0.3 is 10.0 Å². The quantitative estimate of drug-likeness (QED) is 0.921. The Morgan fingerprint density at radius 3 is 2.55 bits per heavy atom. The summed E-state index contributed by atoms with van der Waals surface area (Å²) in [6.45, 7) is 6.65. The third-order valence-corrected chi connectivity index (χ3v) is 3.97. The summed E-state index contributed by atoms with van der Waals surface area (Å²) in [5.74, 6) is 0.113. The number of aliphatic hydroxyl groups excluding tert-OH is 1. The van der Waals surface area contributed by atoms with Gasteiger partial charge in [-0.1, -0.05) is 17.2 Å². The normalized spacial score (nSPS) is 20.8. The monoisotopic (exact) mass is 275 g/mol. The van der Waals surface area contributed by atoms with Gasteiger partial charge in [0.25, 0.3) is 5.91 Å². The summed E-state index contributed by atoms with van der Waals surface area (Å²) in [6, 6.07) is 6.18. The Kier molecular flexibility index (Phi) is 4.81. The highest BCUT2D eigenvalue weighted by Gasteiger charge is 2.28. The van der Waals surface area contributed by atoms with Crippen molar-refractivity contribution in [1.82, 2.24) is 4.90 Å². The van der Waals surface area contributed by atoms with Gasteiger partial charge in [-0.15, -0.1) is 0 Å². The highest BCUT2D eigenvalue weighted by molar-refractivity contribution is 5.94. The molecule has 2 atom stereocenters. The Hall–Kier alpha value is -1.35. The standard InChI is InChI=1S/C17H25NO2/c1-12-8-13(2)10-15(9-12)17(20)18-7-5-4-6-16(18)11-14(3)19/h8-10,14,16,19H,4-7,11H2,1-3H3. The zero-order chi connectivity index (χ0) is 14.7. The molecule has 2 rings (SSSR count). The van der Waals surface area contributed by atoms with Gasteiger partial charge in [0.1, 0.15) is 0 Å². The Bertz CT molecular complexity index is 462. The van der Waals surface area contributed by atoms with Crippen molar-refractivity contribution >= 4 is 5.91 Å². The smallest absolute Gasteiger partial charge is 0.254 e. The van der Waals surface area contributed by atoms with Gasteiger partial charge in [0, 0.05) is 18.2 Å². The first-order valence-corrected chi connectivity index (χ1v) is 7.54. The third-order valence-electron chi connectivity index (χ3n) is 3.97. The molecular weight excluding hydrogens is 250 g/mol. The van der Waals surface area contributed by atoms with Crippen LogP contribution in [-0.4, -0.2) is 34.6 Å². The van der Waals surface area contributed by atoms with Crippen LogP contribution in [0.1, 0.15) is 54.1 Å². The van der Waals surface area contributed by atoms with Crippen LogP contribution in [0.15, 0.2) is 18.2 Å². The number of carbonyl (C=O) groups is 1. The minimum atomic E-state index is -0.354. The van der Waals surface area contributed by atoms with E-state index in [0.717, 1.165) is 42.5 Å². The van der Waals surface area contributed by atoms with Crippen LogP contribution in [0.3, 0.4) is 0 Å². The topological polar surface area (TPSA) is 40.5 Å². The van der Waals surface area contributed by atoms with E-state index in [2.05, 4.69) is 6.07 Å². The van der Waals surface area contributed by atoms with E-state index in [-0.39, 0.29) is 18.1 Å². The minimum Gasteiger partial charge on any atom is -0.393 e. The lowest BCUT2D eigenvalue weighted by Crippen LogP contribution is -2.45. The van der Waals surface area contributed by atoms with Crippen LogP contribution in [0.2, 0.25) is 0 Å². The maximum Gasteiger partial charge on any atom is 0.254 e. The van der Waals surface area contributed by atoms with Gasteiger partial charge in [0.15, 0.2) is 0 Å². The van der Waals surface area contributed by atoms with Crippen molar-refractivity contribution < 1.29 is 9.90 Å². The predicted octanol–water partition coefficient (Wildman–Crippen LogP) is 3.07. The second-order valence-electron chi connectivity index (χ2n) is 6.11. The largest absolute Gasteiger partial charge is 0.393 e. The number of hydrogen-bond acceptors (Lipinski definition) is 2. The number of rotatable bonds is 3. The second-order valence-corrected chi connectivity index (χ2v) is 6.11. The van der Waals surface area contributed by atoms with Crippen LogP contribution < -0.4 is 0 Å². The van der Waals surface area contributed by atoms with Gasteiger partial charge in [-0.25, -0.2) is 0 Å². The van der Waals surface area contributed by atoms with E-state index in [4.69, 9.17) is 0 Å². The molecule has 20 heavy (non-hydrogen) atoms. The molecule has 0 radical (unpaired) electrons. The molecule has 1 N–H and O–H groups in total. The Balaban J connectivity index is 2.20. The highest BCUT2D eigenvalue weighted by atomic mass is 16.3. The van der Waals surface area contributed by atoms with Crippen LogP contribution in [0.25, 0.3) is 0 Å². The molecule has 0 aliphatic carbocycles. The SMILES string of the molecule is Cc1cc(C)cc(C(=O)N2CCCCC2CC(C)O)c1. The van der Waals surface area contributed by atoms with Crippen LogP contribution in [0.5, 0.6) is 0 Å². The van der Waals surface area contributed by atoms with Gasteiger partial charge >= 0.3 is 0 Å². The lowest BCUT2D eigenvalue weighted by Gasteiger charge is -2.36. The van der Waals surface area contributed by atoms with E-state index < -0.39 is 0 Å². The average Bonchev–Trinajstić information content (AvgIpc) is 2.36. The Labute approximate surface area is 121 Å². The predicted molar refractivity (Wildman–Crippen MR) is 80.9 cm³/mol. The van der Waals surface area contributed by atoms with Crippen molar-refractivity contribution in [1.29, 1.82) is 0 Å². The van der Waals surface area contributed by atoms with Gasteiger partial charge in [0.2, 0.25) is 0 Å². The lowest BCUT2D eigenvalue weighted by atomic mass is 9.96. The summed E-state index contributed by atoms with van der Waals surface area (Å²) in [4.78, 5) is 14.7. The van der Waals surface area contributed by atoms with E-state index in [1.807, 2.05) is 30.9 Å². The molecule has 1 aromatic rings. The molecular formula is C17H25NO2. The summed E-state index contributed by atoms with van der Waals surface area (Å²) in [6.07, 6.45) is 3.53. The van der Waals surface area contributed by atoms with E-state index in [1.54, 1.807) is 6.92 Å². The Morgan fingerprint density at radius 2 is 1.95 bits per heavy atom. The summed E-state index contributed by atoms with van der Waals surface area (Å²) < 4.78 is 0. The maximum atomic E-state index is 12.7. The summed E-state index contributed by atoms with van der Waals surface area (Å²) in [5, 5.41) is 9.63. The molecule has 1 aromatic carbocycles. The number of aliphatic hydroxyl groups is 1. The van der Waals surface area contributed by atoms with E-state index in [1.165, 1.54) is 0 Å². The van der Waals surface area contributed by atoms with Crippen molar-refractivity contribution in [3.05, 3.63) is 34.9 Å². The zero-order valence-corrected chi connectivity index (χ0v) is 12.7.